The second-order valence-electron chi connectivity index (χ2n) is 7.87. The third kappa shape index (κ3) is 3.62. The molecule has 28 heavy (non-hydrogen) atoms. The Morgan fingerprint density at radius 2 is 1.43 bits per heavy atom. The molecule has 5 rings (SSSR count). The number of fused-ring (bicyclic) bond motifs is 2. The molecule has 1 unspecified atom stereocenters. The average molecular weight is 381 g/mol. The molecule has 0 aromatic heterocycles. The number of benzene rings is 2. The molecular formula is C23H27NO4. The fourth-order valence-corrected chi connectivity index (χ4v) is 4.72. The zero-order valence-corrected chi connectivity index (χ0v) is 16.1. The quantitative estimate of drug-likeness (QED) is 0.873. The van der Waals surface area contributed by atoms with E-state index in [2.05, 4.69) is 41.7 Å². The normalized spacial score (nSPS) is 21.8. The van der Waals surface area contributed by atoms with Gasteiger partial charge in [-0.1, -0.05) is 12.1 Å². The molecule has 0 aliphatic carbocycles. The van der Waals surface area contributed by atoms with Crippen LogP contribution in [-0.2, 0) is 22.7 Å². The SMILES string of the molecule is c1cc2c(cc1C(c1ccc3c(c1)COCO3)C1CCCNCC1)COCO2. The highest BCUT2D eigenvalue weighted by Crippen LogP contribution is 2.41. The molecule has 1 N–H and O–H groups in total. The fraction of sp³-hybridized carbons (Fsp3) is 0.478. The Balaban J connectivity index is 1.55. The highest BCUT2D eigenvalue weighted by atomic mass is 16.7. The Kier molecular flexibility index (Phi) is 5.21. The van der Waals surface area contributed by atoms with Crippen LogP contribution in [0.5, 0.6) is 11.5 Å². The van der Waals surface area contributed by atoms with Crippen LogP contribution in [-0.4, -0.2) is 26.7 Å². The summed E-state index contributed by atoms with van der Waals surface area (Å²) < 4.78 is 22.3. The summed E-state index contributed by atoms with van der Waals surface area (Å²) in [6.45, 7) is 4.11. The van der Waals surface area contributed by atoms with Crippen molar-refractivity contribution in [2.45, 2.75) is 38.4 Å². The maximum absolute atomic E-state index is 5.64. The molecule has 0 bridgehead atoms. The van der Waals surface area contributed by atoms with E-state index >= 15 is 0 Å². The van der Waals surface area contributed by atoms with Crippen LogP contribution >= 0.6 is 0 Å². The Morgan fingerprint density at radius 3 is 2.07 bits per heavy atom. The van der Waals surface area contributed by atoms with Crippen molar-refractivity contribution in [3.63, 3.8) is 0 Å². The predicted molar refractivity (Wildman–Crippen MR) is 106 cm³/mol. The first-order valence-electron chi connectivity index (χ1n) is 10.3. The Bertz CT molecular complexity index is 770. The maximum Gasteiger partial charge on any atom is 0.189 e. The molecule has 3 aliphatic heterocycles. The monoisotopic (exact) mass is 381 g/mol. The molecule has 2 aromatic rings. The Labute approximate surface area is 165 Å². The summed E-state index contributed by atoms with van der Waals surface area (Å²) in [4.78, 5) is 0. The first kappa shape index (κ1) is 18.0. The highest BCUT2D eigenvalue weighted by molar-refractivity contribution is 5.45. The molecule has 2 aromatic carbocycles. The molecule has 3 heterocycles. The van der Waals surface area contributed by atoms with E-state index in [1.165, 1.54) is 30.4 Å². The van der Waals surface area contributed by atoms with E-state index in [1.54, 1.807) is 0 Å². The second kappa shape index (κ2) is 8.11. The van der Waals surface area contributed by atoms with Crippen LogP contribution in [0.2, 0.25) is 0 Å². The Morgan fingerprint density at radius 1 is 0.786 bits per heavy atom. The van der Waals surface area contributed by atoms with Crippen molar-refractivity contribution in [1.82, 2.24) is 5.32 Å². The lowest BCUT2D eigenvalue weighted by Crippen LogP contribution is -2.19. The third-order valence-corrected chi connectivity index (χ3v) is 6.09. The van der Waals surface area contributed by atoms with Crippen molar-refractivity contribution in [1.29, 1.82) is 0 Å². The van der Waals surface area contributed by atoms with E-state index in [1.807, 2.05) is 0 Å². The molecule has 5 heteroatoms. The molecule has 0 radical (unpaired) electrons. The van der Waals surface area contributed by atoms with Gasteiger partial charge in [0.05, 0.1) is 13.2 Å². The molecule has 148 valence electrons. The van der Waals surface area contributed by atoms with Gasteiger partial charge in [0.25, 0.3) is 0 Å². The van der Waals surface area contributed by atoms with Gasteiger partial charge in [-0.2, -0.15) is 0 Å². The summed E-state index contributed by atoms with van der Waals surface area (Å²) in [6, 6.07) is 13.3. The lowest BCUT2D eigenvalue weighted by atomic mass is 9.76. The average Bonchev–Trinajstić information content (AvgIpc) is 3.03. The highest BCUT2D eigenvalue weighted by Gasteiger charge is 2.28. The molecular weight excluding hydrogens is 354 g/mol. The third-order valence-electron chi connectivity index (χ3n) is 6.09. The van der Waals surface area contributed by atoms with Crippen molar-refractivity contribution in [3.8, 4) is 11.5 Å². The summed E-state index contributed by atoms with van der Waals surface area (Å²) >= 11 is 0. The van der Waals surface area contributed by atoms with Gasteiger partial charge in [0, 0.05) is 17.0 Å². The molecule has 3 aliphatic rings. The van der Waals surface area contributed by atoms with E-state index in [0.717, 1.165) is 35.7 Å². The lowest BCUT2D eigenvalue weighted by Gasteiger charge is -2.30. The molecule has 1 atom stereocenters. The van der Waals surface area contributed by atoms with Crippen molar-refractivity contribution in [3.05, 3.63) is 58.7 Å². The molecule has 0 spiro atoms. The van der Waals surface area contributed by atoms with E-state index < -0.39 is 0 Å². The van der Waals surface area contributed by atoms with Gasteiger partial charge in [-0.3, -0.25) is 0 Å². The van der Waals surface area contributed by atoms with Gasteiger partial charge in [-0.25, -0.2) is 0 Å². The van der Waals surface area contributed by atoms with Crippen LogP contribution < -0.4 is 14.8 Å². The van der Waals surface area contributed by atoms with Crippen LogP contribution in [0.1, 0.15) is 47.4 Å². The zero-order chi connectivity index (χ0) is 18.8. The minimum Gasteiger partial charge on any atom is -0.467 e. The summed E-state index contributed by atoms with van der Waals surface area (Å²) in [5, 5.41) is 3.55. The van der Waals surface area contributed by atoms with Crippen molar-refractivity contribution < 1.29 is 18.9 Å². The molecule has 1 saturated heterocycles. The van der Waals surface area contributed by atoms with Crippen LogP contribution in [0, 0.1) is 5.92 Å². The summed E-state index contributed by atoms with van der Waals surface area (Å²) in [5.74, 6) is 2.84. The second-order valence-corrected chi connectivity index (χ2v) is 7.87. The predicted octanol–water partition coefficient (Wildman–Crippen LogP) is 3.94. The number of hydrogen-bond acceptors (Lipinski definition) is 5. The van der Waals surface area contributed by atoms with E-state index in [-0.39, 0.29) is 0 Å². The van der Waals surface area contributed by atoms with Crippen molar-refractivity contribution >= 4 is 0 Å². The fourth-order valence-electron chi connectivity index (χ4n) is 4.72. The molecule has 0 amide bonds. The summed E-state index contributed by atoms with van der Waals surface area (Å²) in [7, 11) is 0. The van der Waals surface area contributed by atoms with Crippen molar-refractivity contribution in [2.24, 2.45) is 5.92 Å². The zero-order valence-electron chi connectivity index (χ0n) is 16.1. The smallest absolute Gasteiger partial charge is 0.189 e. The minimum atomic E-state index is 0.342. The van der Waals surface area contributed by atoms with Crippen LogP contribution in [0.3, 0.4) is 0 Å². The van der Waals surface area contributed by atoms with E-state index in [0.29, 0.717) is 38.6 Å². The van der Waals surface area contributed by atoms with Crippen LogP contribution in [0.4, 0.5) is 0 Å². The summed E-state index contributed by atoms with van der Waals surface area (Å²) in [6.07, 6.45) is 3.63. The maximum atomic E-state index is 5.64. The number of nitrogens with one attached hydrogen (secondary N) is 1. The Hall–Kier alpha value is -2.08. The molecule has 0 saturated carbocycles. The topological polar surface area (TPSA) is 49.0 Å². The van der Waals surface area contributed by atoms with Crippen LogP contribution in [0.25, 0.3) is 0 Å². The summed E-state index contributed by atoms with van der Waals surface area (Å²) in [5.41, 5.74) is 4.98. The number of hydrogen-bond donors (Lipinski definition) is 1. The van der Waals surface area contributed by atoms with E-state index in [9.17, 15) is 0 Å². The standard InChI is InChI=1S/C23H27NO4/c1-2-16(7-9-24-8-1)23(17-3-5-21-19(10-17)12-25-14-27-21)18-4-6-22-20(11-18)13-26-15-28-22/h3-6,10-11,16,23-24H,1-2,7-9,12-15H2. The van der Waals surface area contributed by atoms with Gasteiger partial charge in [-0.05, 0) is 73.7 Å². The largest absolute Gasteiger partial charge is 0.467 e. The van der Waals surface area contributed by atoms with Gasteiger partial charge in [0.15, 0.2) is 13.6 Å². The lowest BCUT2D eigenvalue weighted by molar-refractivity contribution is -0.0164. The van der Waals surface area contributed by atoms with Gasteiger partial charge >= 0.3 is 0 Å². The number of ether oxygens (including phenoxy) is 4. The molecule has 5 nitrogen and oxygen atoms in total. The molecule has 1 fully saturated rings. The van der Waals surface area contributed by atoms with Crippen molar-refractivity contribution in [2.75, 3.05) is 26.7 Å². The van der Waals surface area contributed by atoms with Gasteiger partial charge in [0.2, 0.25) is 0 Å². The minimum absolute atomic E-state index is 0.342. The van der Waals surface area contributed by atoms with Gasteiger partial charge in [-0.15, -0.1) is 0 Å². The van der Waals surface area contributed by atoms with Gasteiger partial charge in [0.1, 0.15) is 11.5 Å². The van der Waals surface area contributed by atoms with Crippen LogP contribution in [0.15, 0.2) is 36.4 Å². The van der Waals surface area contributed by atoms with E-state index in [4.69, 9.17) is 18.9 Å². The van der Waals surface area contributed by atoms with Gasteiger partial charge < -0.3 is 24.3 Å². The first-order chi connectivity index (χ1) is 13.9. The number of rotatable bonds is 3. The first-order valence-corrected chi connectivity index (χ1v) is 10.3.